The Morgan fingerprint density at radius 1 is 1.12 bits per heavy atom. The number of ether oxygens (including phenoxy) is 2. The summed E-state index contributed by atoms with van der Waals surface area (Å²) in [6, 6.07) is 0.315. The van der Waals surface area contributed by atoms with Gasteiger partial charge in [0.15, 0.2) is 5.76 Å². The van der Waals surface area contributed by atoms with Crippen LogP contribution in [0.1, 0.15) is 51.4 Å². The fourth-order valence-corrected chi connectivity index (χ4v) is 4.82. The van der Waals surface area contributed by atoms with Crippen molar-refractivity contribution in [2.24, 2.45) is 11.8 Å². The molecule has 3 unspecified atom stereocenters. The van der Waals surface area contributed by atoms with Crippen molar-refractivity contribution in [1.82, 2.24) is 4.90 Å². The molecule has 0 spiro atoms. The van der Waals surface area contributed by atoms with Gasteiger partial charge in [0, 0.05) is 6.54 Å². The third-order valence-electron chi connectivity index (χ3n) is 6.17. The Hall–Kier alpha value is -1.48. The Kier molecular flexibility index (Phi) is 5.07. The fourth-order valence-electron chi connectivity index (χ4n) is 4.82. The van der Waals surface area contributed by atoms with Crippen LogP contribution in [-0.2, 0) is 9.47 Å². The van der Waals surface area contributed by atoms with Crippen LogP contribution in [0.4, 0.5) is 0 Å². The number of nitrogens with zero attached hydrogens (tertiary/aromatic N) is 1. The first-order valence-electron chi connectivity index (χ1n) is 9.66. The van der Waals surface area contributed by atoms with Gasteiger partial charge in [0.2, 0.25) is 0 Å². The first-order chi connectivity index (χ1) is 11.9. The molecule has 2 fully saturated rings. The predicted molar refractivity (Wildman–Crippen MR) is 95.9 cm³/mol. The van der Waals surface area contributed by atoms with Crippen molar-refractivity contribution in [3.05, 3.63) is 48.3 Å². The van der Waals surface area contributed by atoms with Crippen LogP contribution >= 0.6 is 0 Å². The maximum atomic E-state index is 5.84. The average molecular weight is 327 g/mol. The van der Waals surface area contributed by atoms with Gasteiger partial charge in [0.25, 0.3) is 0 Å². The Balaban J connectivity index is 1.49. The third-order valence-corrected chi connectivity index (χ3v) is 6.17. The second-order valence-electron chi connectivity index (χ2n) is 7.65. The lowest BCUT2D eigenvalue weighted by Gasteiger charge is -2.44. The molecule has 1 saturated carbocycles. The topological polar surface area (TPSA) is 21.7 Å². The van der Waals surface area contributed by atoms with Crippen LogP contribution in [0.25, 0.3) is 0 Å². The highest BCUT2D eigenvalue weighted by molar-refractivity contribution is 5.21. The molecule has 24 heavy (non-hydrogen) atoms. The van der Waals surface area contributed by atoms with Gasteiger partial charge in [-0.3, -0.25) is 4.90 Å². The molecule has 4 aliphatic rings. The fraction of sp³-hybridized carbons (Fsp3) is 0.619. The minimum absolute atomic E-state index is 0.315. The van der Waals surface area contributed by atoms with E-state index in [-0.39, 0.29) is 0 Å². The van der Waals surface area contributed by atoms with E-state index in [1.165, 1.54) is 63.6 Å². The number of allylic oxidation sites excluding steroid dienone is 3. The van der Waals surface area contributed by atoms with Gasteiger partial charge >= 0.3 is 0 Å². The molecule has 3 nitrogen and oxygen atoms in total. The third kappa shape index (κ3) is 3.61. The number of hydrogen-bond donors (Lipinski definition) is 0. The summed E-state index contributed by atoms with van der Waals surface area (Å²) >= 11 is 0. The lowest BCUT2D eigenvalue weighted by Crippen LogP contribution is -2.48. The van der Waals surface area contributed by atoms with Gasteiger partial charge in [0.1, 0.15) is 18.8 Å². The number of piperidine rings is 1. The average Bonchev–Trinajstić information content (AvgIpc) is 2.67. The molecule has 2 aliphatic carbocycles. The highest BCUT2D eigenvalue weighted by atomic mass is 16.5. The normalized spacial score (nSPS) is 31.3. The van der Waals surface area contributed by atoms with E-state index in [1.807, 2.05) is 0 Å². The molecule has 0 bridgehead atoms. The summed E-state index contributed by atoms with van der Waals surface area (Å²) in [5.41, 5.74) is 1.53. The maximum Gasteiger partial charge on any atom is 0.156 e. The van der Waals surface area contributed by atoms with Crippen LogP contribution in [0.3, 0.4) is 0 Å². The molecular weight excluding hydrogens is 298 g/mol. The quantitative estimate of drug-likeness (QED) is 0.733. The van der Waals surface area contributed by atoms with Gasteiger partial charge in [-0.15, -0.1) is 0 Å². The van der Waals surface area contributed by atoms with Gasteiger partial charge in [-0.25, -0.2) is 0 Å². The smallest absolute Gasteiger partial charge is 0.156 e. The minimum atomic E-state index is 0.315. The van der Waals surface area contributed by atoms with Crippen molar-refractivity contribution < 1.29 is 9.47 Å². The van der Waals surface area contributed by atoms with E-state index in [4.69, 9.17) is 9.47 Å². The molecule has 0 N–H and O–H groups in total. The molecule has 0 aromatic rings. The number of hydrogen-bond acceptors (Lipinski definition) is 3. The Bertz CT molecular complexity index is 560. The molecule has 3 heteroatoms. The molecule has 130 valence electrons. The molecule has 1 saturated heterocycles. The Morgan fingerprint density at radius 2 is 2.04 bits per heavy atom. The molecule has 0 amide bonds. The number of fused-ring (bicyclic) bond motifs is 1. The van der Waals surface area contributed by atoms with Crippen LogP contribution in [0.5, 0.6) is 0 Å². The van der Waals surface area contributed by atoms with Crippen LogP contribution in [0.15, 0.2) is 48.3 Å². The largest absolute Gasteiger partial charge is 0.466 e. The van der Waals surface area contributed by atoms with Gasteiger partial charge in [-0.2, -0.15) is 0 Å². The highest BCUT2D eigenvalue weighted by Gasteiger charge is 2.36. The van der Waals surface area contributed by atoms with E-state index < -0.39 is 0 Å². The van der Waals surface area contributed by atoms with E-state index >= 15 is 0 Å². The lowest BCUT2D eigenvalue weighted by molar-refractivity contribution is 0.0483. The summed E-state index contributed by atoms with van der Waals surface area (Å²) in [6.45, 7) is 2.42. The molecule has 2 heterocycles. The second kappa shape index (κ2) is 7.60. The van der Waals surface area contributed by atoms with Gasteiger partial charge in [0.05, 0.1) is 6.04 Å². The van der Waals surface area contributed by atoms with Crippen molar-refractivity contribution in [2.75, 3.05) is 13.1 Å². The van der Waals surface area contributed by atoms with Crippen LogP contribution < -0.4 is 0 Å². The summed E-state index contributed by atoms with van der Waals surface area (Å²) in [7, 11) is 0. The van der Waals surface area contributed by atoms with Gasteiger partial charge in [-0.05, 0) is 50.5 Å². The summed E-state index contributed by atoms with van der Waals surface area (Å²) in [5, 5.41) is 0. The van der Waals surface area contributed by atoms with E-state index in [2.05, 4.69) is 23.1 Å². The summed E-state index contributed by atoms with van der Waals surface area (Å²) < 4.78 is 11.3. The first kappa shape index (κ1) is 16.0. The standard InChI is InChI=1S/C21H29NO2/c1-2-6-17(7-3-1)14-20(21-16-23-12-13-24-21)22-11-10-18-8-4-5-9-19(18)15-22/h1-2,6,12-13,16,18-20H,3-5,7-11,14-15H2. The highest BCUT2D eigenvalue weighted by Crippen LogP contribution is 2.38. The minimum Gasteiger partial charge on any atom is -0.466 e. The zero-order valence-electron chi connectivity index (χ0n) is 14.5. The maximum absolute atomic E-state index is 5.84. The van der Waals surface area contributed by atoms with E-state index in [0.717, 1.165) is 24.0 Å². The second-order valence-corrected chi connectivity index (χ2v) is 7.65. The zero-order chi connectivity index (χ0) is 16.2. The Morgan fingerprint density at radius 3 is 2.83 bits per heavy atom. The van der Waals surface area contributed by atoms with Crippen molar-refractivity contribution in [3.8, 4) is 0 Å². The monoisotopic (exact) mass is 327 g/mol. The first-order valence-corrected chi connectivity index (χ1v) is 9.66. The zero-order valence-corrected chi connectivity index (χ0v) is 14.5. The summed E-state index contributed by atoms with van der Waals surface area (Å²) in [5.74, 6) is 2.82. The van der Waals surface area contributed by atoms with E-state index in [1.54, 1.807) is 18.8 Å². The molecule has 3 atom stereocenters. The van der Waals surface area contributed by atoms with Crippen molar-refractivity contribution in [1.29, 1.82) is 0 Å². The predicted octanol–water partition coefficient (Wildman–Crippen LogP) is 4.89. The Labute approximate surface area is 145 Å². The molecule has 0 aromatic carbocycles. The van der Waals surface area contributed by atoms with Gasteiger partial charge in [-0.1, -0.05) is 43.1 Å². The molecule has 4 rings (SSSR count). The van der Waals surface area contributed by atoms with E-state index in [0.29, 0.717) is 6.04 Å². The lowest BCUT2D eigenvalue weighted by atomic mass is 9.74. The van der Waals surface area contributed by atoms with Crippen LogP contribution in [-0.4, -0.2) is 24.0 Å². The van der Waals surface area contributed by atoms with E-state index in [9.17, 15) is 0 Å². The number of rotatable bonds is 4. The summed E-state index contributed by atoms with van der Waals surface area (Å²) in [6.07, 6.45) is 22.3. The van der Waals surface area contributed by atoms with Crippen LogP contribution in [0.2, 0.25) is 0 Å². The van der Waals surface area contributed by atoms with Crippen molar-refractivity contribution >= 4 is 0 Å². The molecule has 0 aromatic heterocycles. The number of likely N-dealkylation sites (tertiary alicyclic amines) is 1. The SMILES string of the molecule is C1=CCCC(CC(C2=COC=CO2)N2CCC3CCCCC3C2)=C1. The molecule has 0 radical (unpaired) electrons. The van der Waals surface area contributed by atoms with Crippen LogP contribution in [0, 0.1) is 11.8 Å². The molecular formula is C21H29NO2. The van der Waals surface area contributed by atoms with Gasteiger partial charge < -0.3 is 9.47 Å². The summed E-state index contributed by atoms with van der Waals surface area (Å²) in [4.78, 5) is 2.67. The van der Waals surface area contributed by atoms with Crippen molar-refractivity contribution in [2.45, 2.75) is 57.4 Å². The van der Waals surface area contributed by atoms with Crippen molar-refractivity contribution in [3.63, 3.8) is 0 Å². The molecule has 2 aliphatic heterocycles.